The van der Waals surface area contributed by atoms with Gasteiger partial charge < -0.3 is 5.32 Å². The molecule has 0 aliphatic carbocycles. The molecule has 0 unspecified atom stereocenters. The number of nitrogens with one attached hydrogen (secondary N) is 1. The number of aromatic nitrogens is 2. The van der Waals surface area contributed by atoms with Crippen molar-refractivity contribution in [2.24, 2.45) is 7.05 Å². The van der Waals surface area contributed by atoms with E-state index in [1.54, 1.807) is 19.2 Å². The fourth-order valence-corrected chi connectivity index (χ4v) is 2.02. The van der Waals surface area contributed by atoms with E-state index in [2.05, 4.69) is 33.0 Å². The summed E-state index contributed by atoms with van der Waals surface area (Å²) in [4.78, 5) is 12.0. The summed E-state index contributed by atoms with van der Waals surface area (Å²) < 4.78 is 2.44. The van der Waals surface area contributed by atoms with E-state index in [-0.39, 0.29) is 5.91 Å². The number of nitrogens with zero attached hydrogens (tertiary/aromatic N) is 3. The van der Waals surface area contributed by atoms with Gasteiger partial charge in [-0.1, -0.05) is 6.07 Å². The maximum absolute atomic E-state index is 12.0. The first kappa shape index (κ1) is 12.6. The third-order valence-electron chi connectivity index (χ3n) is 2.38. The molecule has 90 valence electrons. The largest absolute Gasteiger partial charge is 0.306 e. The zero-order chi connectivity index (χ0) is 13.1. The number of benzene rings is 1. The number of anilines is 1. The highest BCUT2D eigenvalue weighted by Gasteiger charge is 2.13. The van der Waals surface area contributed by atoms with Gasteiger partial charge in [-0.3, -0.25) is 9.48 Å². The molecule has 1 heterocycles. The van der Waals surface area contributed by atoms with E-state index in [0.717, 1.165) is 3.57 Å². The molecule has 0 atom stereocenters. The van der Waals surface area contributed by atoms with Crippen molar-refractivity contribution in [3.05, 3.63) is 45.2 Å². The average molecular weight is 352 g/mol. The summed E-state index contributed by atoms with van der Waals surface area (Å²) in [6.07, 6.45) is 1.42. The third kappa shape index (κ3) is 2.51. The molecule has 0 spiro atoms. The fraction of sp³-hybridized carbons (Fsp3) is 0.0833. The number of hydrogen-bond donors (Lipinski definition) is 1. The number of rotatable bonds is 2. The van der Waals surface area contributed by atoms with Crippen LogP contribution in [0.1, 0.15) is 15.9 Å². The zero-order valence-corrected chi connectivity index (χ0v) is 11.7. The highest BCUT2D eigenvalue weighted by Crippen LogP contribution is 2.15. The summed E-state index contributed by atoms with van der Waals surface area (Å²) in [7, 11) is 1.67. The second-order valence-corrected chi connectivity index (χ2v) is 4.85. The van der Waals surface area contributed by atoms with Gasteiger partial charge in [-0.25, -0.2) is 0 Å². The molecule has 0 fully saturated rings. The summed E-state index contributed by atoms with van der Waals surface area (Å²) in [5, 5.41) is 15.5. The molecular formula is C12H9IN4O. The minimum Gasteiger partial charge on any atom is -0.306 e. The van der Waals surface area contributed by atoms with Crippen LogP contribution in [0.25, 0.3) is 0 Å². The zero-order valence-electron chi connectivity index (χ0n) is 9.51. The van der Waals surface area contributed by atoms with E-state index in [1.165, 1.54) is 10.9 Å². The molecule has 6 heteroatoms. The third-order valence-corrected chi connectivity index (χ3v) is 3.05. The lowest BCUT2D eigenvalue weighted by Crippen LogP contribution is -2.15. The van der Waals surface area contributed by atoms with Crippen LogP contribution in [-0.2, 0) is 7.05 Å². The van der Waals surface area contributed by atoms with Crippen LogP contribution in [0.2, 0.25) is 0 Å². The standard InChI is InChI=1S/C12H9IN4O/c1-17-11(9(6-14)7-15-17)16-12(18)8-3-2-4-10(13)5-8/h2-5,7H,1H3,(H,16,18). The molecule has 1 aromatic carbocycles. The predicted molar refractivity (Wildman–Crippen MR) is 75.0 cm³/mol. The molecule has 18 heavy (non-hydrogen) atoms. The highest BCUT2D eigenvalue weighted by molar-refractivity contribution is 14.1. The Kier molecular flexibility index (Phi) is 3.62. The van der Waals surface area contributed by atoms with Gasteiger partial charge in [-0.15, -0.1) is 0 Å². The Morgan fingerprint density at radius 1 is 1.56 bits per heavy atom. The van der Waals surface area contributed by atoms with Gasteiger partial charge in [-0.05, 0) is 40.8 Å². The van der Waals surface area contributed by atoms with Gasteiger partial charge in [-0.2, -0.15) is 10.4 Å². The van der Waals surface area contributed by atoms with Crippen molar-refractivity contribution < 1.29 is 4.79 Å². The van der Waals surface area contributed by atoms with Crippen molar-refractivity contribution in [3.8, 4) is 6.07 Å². The monoisotopic (exact) mass is 352 g/mol. The van der Waals surface area contributed by atoms with Crippen molar-refractivity contribution in [2.45, 2.75) is 0 Å². The second-order valence-electron chi connectivity index (χ2n) is 3.61. The topological polar surface area (TPSA) is 70.7 Å². The summed E-state index contributed by atoms with van der Waals surface area (Å²) in [6.45, 7) is 0. The second kappa shape index (κ2) is 5.18. The molecule has 0 radical (unpaired) electrons. The van der Waals surface area contributed by atoms with E-state index in [0.29, 0.717) is 16.9 Å². The van der Waals surface area contributed by atoms with Gasteiger partial charge in [0.05, 0.1) is 6.20 Å². The first-order valence-electron chi connectivity index (χ1n) is 5.11. The average Bonchev–Trinajstić information content (AvgIpc) is 2.70. The van der Waals surface area contributed by atoms with E-state index in [1.807, 2.05) is 18.2 Å². The predicted octanol–water partition coefficient (Wildman–Crippen LogP) is 2.15. The van der Waals surface area contributed by atoms with Gasteiger partial charge in [0.2, 0.25) is 0 Å². The van der Waals surface area contributed by atoms with Crippen LogP contribution in [-0.4, -0.2) is 15.7 Å². The number of carbonyl (C=O) groups is 1. The molecule has 0 bridgehead atoms. The Balaban J connectivity index is 2.27. The quantitative estimate of drug-likeness (QED) is 0.842. The lowest BCUT2D eigenvalue weighted by Gasteiger charge is -2.06. The molecule has 1 N–H and O–H groups in total. The van der Waals surface area contributed by atoms with Crippen molar-refractivity contribution in [1.82, 2.24) is 9.78 Å². The lowest BCUT2D eigenvalue weighted by molar-refractivity contribution is 0.102. The number of nitriles is 1. The first-order valence-corrected chi connectivity index (χ1v) is 6.18. The summed E-state index contributed by atoms with van der Waals surface area (Å²) in [5.41, 5.74) is 0.892. The Morgan fingerprint density at radius 3 is 3.00 bits per heavy atom. The number of halogens is 1. The van der Waals surface area contributed by atoms with Crippen LogP contribution in [0.15, 0.2) is 30.5 Å². The molecule has 1 amide bonds. The van der Waals surface area contributed by atoms with Gasteiger partial charge in [0.25, 0.3) is 5.91 Å². The van der Waals surface area contributed by atoms with Crippen LogP contribution in [0.5, 0.6) is 0 Å². The fourth-order valence-electron chi connectivity index (χ4n) is 1.48. The number of hydrogen-bond acceptors (Lipinski definition) is 3. The van der Waals surface area contributed by atoms with E-state index >= 15 is 0 Å². The van der Waals surface area contributed by atoms with Crippen LogP contribution in [0, 0.1) is 14.9 Å². The molecular weight excluding hydrogens is 343 g/mol. The van der Waals surface area contributed by atoms with Gasteiger partial charge in [0.15, 0.2) is 0 Å². The SMILES string of the molecule is Cn1ncc(C#N)c1NC(=O)c1cccc(I)c1. The van der Waals surface area contributed by atoms with Gasteiger partial charge in [0, 0.05) is 16.2 Å². The first-order chi connectivity index (χ1) is 8.61. The summed E-state index contributed by atoms with van der Waals surface area (Å²) in [5.74, 6) is 0.148. The minimum atomic E-state index is -0.256. The molecule has 2 aromatic rings. The molecule has 5 nitrogen and oxygen atoms in total. The van der Waals surface area contributed by atoms with Crippen LogP contribution < -0.4 is 5.32 Å². The van der Waals surface area contributed by atoms with E-state index in [9.17, 15) is 4.79 Å². The van der Waals surface area contributed by atoms with Crippen molar-refractivity contribution in [1.29, 1.82) is 5.26 Å². The maximum atomic E-state index is 12.0. The Morgan fingerprint density at radius 2 is 2.33 bits per heavy atom. The maximum Gasteiger partial charge on any atom is 0.256 e. The van der Waals surface area contributed by atoms with E-state index < -0.39 is 0 Å². The Hall–Kier alpha value is -1.88. The number of amides is 1. The molecule has 0 aliphatic heterocycles. The van der Waals surface area contributed by atoms with E-state index in [4.69, 9.17) is 5.26 Å². The normalized spacial score (nSPS) is 9.83. The smallest absolute Gasteiger partial charge is 0.256 e. The van der Waals surface area contributed by atoms with Crippen molar-refractivity contribution in [3.63, 3.8) is 0 Å². The van der Waals surface area contributed by atoms with Crippen LogP contribution in [0.4, 0.5) is 5.82 Å². The van der Waals surface area contributed by atoms with Gasteiger partial charge in [0.1, 0.15) is 17.5 Å². The number of aryl methyl sites for hydroxylation is 1. The molecule has 0 aliphatic rings. The van der Waals surface area contributed by atoms with Crippen LogP contribution >= 0.6 is 22.6 Å². The highest BCUT2D eigenvalue weighted by atomic mass is 127. The lowest BCUT2D eigenvalue weighted by atomic mass is 10.2. The summed E-state index contributed by atoms with van der Waals surface area (Å²) in [6, 6.07) is 9.20. The van der Waals surface area contributed by atoms with Crippen LogP contribution in [0.3, 0.4) is 0 Å². The summed E-state index contributed by atoms with van der Waals surface area (Å²) >= 11 is 2.14. The molecule has 0 saturated heterocycles. The van der Waals surface area contributed by atoms with Crippen molar-refractivity contribution >= 4 is 34.3 Å². The number of carbonyl (C=O) groups excluding carboxylic acids is 1. The Labute approximate surface area is 118 Å². The molecule has 0 saturated carbocycles. The van der Waals surface area contributed by atoms with Crippen molar-refractivity contribution in [2.75, 3.05) is 5.32 Å². The molecule has 1 aromatic heterocycles. The minimum absolute atomic E-state index is 0.256. The molecule has 2 rings (SSSR count). The Bertz CT molecular complexity index is 642. The van der Waals surface area contributed by atoms with Gasteiger partial charge >= 0.3 is 0 Å².